The fourth-order valence-electron chi connectivity index (χ4n) is 5.26. The number of ether oxygens (including phenoxy) is 2. The van der Waals surface area contributed by atoms with Gasteiger partial charge in [0.05, 0.1) is 24.9 Å². The Bertz CT molecular complexity index is 1720. The maximum absolute atomic E-state index is 15.2. The summed E-state index contributed by atoms with van der Waals surface area (Å²) in [5, 5.41) is 16.2. The van der Waals surface area contributed by atoms with E-state index in [4.69, 9.17) is 26.1 Å². The third kappa shape index (κ3) is 4.71. The van der Waals surface area contributed by atoms with Crippen molar-refractivity contribution >= 4 is 45.6 Å². The van der Waals surface area contributed by atoms with Crippen LogP contribution < -0.4 is 25.0 Å². The highest BCUT2D eigenvalue weighted by molar-refractivity contribution is 6.35. The molecule has 10 nitrogen and oxygen atoms in total. The normalized spacial score (nSPS) is 17.4. The van der Waals surface area contributed by atoms with Crippen LogP contribution in [0.1, 0.15) is 13.8 Å². The number of nitrogens with one attached hydrogen (secondary N) is 2. The van der Waals surface area contributed by atoms with Crippen LogP contribution in [0, 0.1) is 5.82 Å². The summed E-state index contributed by atoms with van der Waals surface area (Å²) in [4.78, 5) is 11.2. The highest BCUT2D eigenvalue weighted by atomic mass is 35.5. The van der Waals surface area contributed by atoms with E-state index in [1.54, 1.807) is 43.3 Å². The molecule has 3 aromatic heterocycles. The lowest BCUT2D eigenvalue weighted by atomic mass is 10.0. The van der Waals surface area contributed by atoms with Crippen LogP contribution >= 0.6 is 11.6 Å². The number of piperazine rings is 1. The summed E-state index contributed by atoms with van der Waals surface area (Å²) in [7, 11) is 3.12. The zero-order chi connectivity index (χ0) is 28.0. The molecule has 0 amide bonds. The summed E-state index contributed by atoms with van der Waals surface area (Å²) in [6.07, 6.45) is 3.26. The van der Waals surface area contributed by atoms with Crippen LogP contribution in [0.15, 0.2) is 48.9 Å². The van der Waals surface area contributed by atoms with Crippen LogP contribution in [0.5, 0.6) is 11.5 Å². The van der Waals surface area contributed by atoms with Crippen molar-refractivity contribution in [2.75, 3.05) is 37.5 Å². The van der Waals surface area contributed by atoms with Crippen LogP contribution in [0.2, 0.25) is 5.02 Å². The fourth-order valence-corrected chi connectivity index (χ4v) is 5.55. The highest BCUT2D eigenvalue weighted by Gasteiger charge is 2.23. The van der Waals surface area contributed by atoms with E-state index in [9.17, 15) is 0 Å². The summed E-state index contributed by atoms with van der Waals surface area (Å²) in [6.45, 7) is 5.69. The average molecular weight is 563 g/mol. The lowest BCUT2D eigenvalue weighted by Gasteiger charge is -2.37. The number of aromatic nitrogens is 5. The van der Waals surface area contributed by atoms with Gasteiger partial charge in [-0.05, 0) is 44.2 Å². The van der Waals surface area contributed by atoms with Gasteiger partial charge in [-0.2, -0.15) is 4.98 Å². The molecule has 0 bridgehead atoms. The number of fused-ring (bicyclic) bond motifs is 3. The molecule has 1 fully saturated rings. The summed E-state index contributed by atoms with van der Waals surface area (Å²) in [6, 6.07) is 11.1. The van der Waals surface area contributed by atoms with Gasteiger partial charge in [-0.15, -0.1) is 10.2 Å². The van der Waals surface area contributed by atoms with Crippen LogP contribution in [-0.2, 0) is 0 Å². The largest absolute Gasteiger partial charge is 0.497 e. The van der Waals surface area contributed by atoms with Gasteiger partial charge in [-0.1, -0.05) is 11.6 Å². The molecule has 40 heavy (non-hydrogen) atoms. The minimum Gasteiger partial charge on any atom is -0.497 e. The van der Waals surface area contributed by atoms with Crippen molar-refractivity contribution in [3.63, 3.8) is 0 Å². The predicted octanol–water partition coefficient (Wildman–Crippen LogP) is 5.08. The zero-order valence-electron chi connectivity index (χ0n) is 22.4. The topological polar surface area (TPSA) is 102 Å². The number of anilines is 3. The number of hydrogen-bond donors (Lipinski definition) is 2. The van der Waals surface area contributed by atoms with Crippen molar-refractivity contribution in [2.24, 2.45) is 0 Å². The van der Waals surface area contributed by atoms with Crippen LogP contribution in [0.4, 0.5) is 21.7 Å². The van der Waals surface area contributed by atoms with E-state index in [1.807, 2.05) is 18.2 Å². The van der Waals surface area contributed by atoms with Crippen LogP contribution in [0.3, 0.4) is 0 Å². The molecule has 0 aliphatic carbocycles. The number of rotatable bonds is 6. The molecule has 0 spiro atoms. The molecule has 2 atom stereocenters. The molecule has 0 radical (unpaired) electrons. The Morgan fingerprint density at radius 3 is 2.55 bits per heavy atom. The van der Waals surface area contributed by atoms with Gasteiger partial charge < -0.3 is 25.0 Å². The van der Waals surface area contributed by atoms with Gasteiger partial charge in [-0.3, -0.25) is 4.40 Å². The SMILES string of the molecule is COc1cc(OC)c(Cl)c(-c2cc3cnc(Nc4ccc(N5C[C@@H](C)N[C@@H](C)C5)c(F)c4)nc3n3cnnc23)c1. The highest BCUT2D eigenvalue weighted by Crippen LogP contribution is 2.41. The van der Waals surface area contributed by atoms with E-state index >= 15 is 4.39 Å². The average Bonchev–Trinajstić information content (AvgIpc) is 3.43. The molecular weight excluding hydrogens is 535 g/mol. The molecule has 1 aliphatic heterocycles. The third-order valence-electron chi connectivity index (χ3n) is 6.97. The van der Waals surface area contributed by atoms with Crippen molar-refractivity contribution < 1.29 is 13.9 Å². The van der Waals surface area contributed by atoms with Gasteiger partial charge in [-0.25, -0.2) is 9.37 Å². The first-order chi connectivity index (χ1) is 19.3. The van der Waals surface area contributed by atoms with Gasteiger partial charge in [0.2, 0.25) is 5.95 Å². The van der Waals surface area contributed by atoms with E-state index in [0.29, 0.717) is 56.3 Å². The number of benzene rings is 2. The summed E-state index contributed by atoms with van der Waals surface area (Å²) < 4.78 is 27.8. The van der Waals surface area contributed by atoms with E-state index in [1.165, 1.54) is 6.07 Å². The van der Waals surface area contributed by atoms with E-state index in [0.717, 1.165) is 18.5 Å². The first kappa shape index (κ1) is 26.0. The van der Waals surface area contributed by atoms with Gasteiger partial charge in [0.25, 0.3) is 0 Å². The van der Waals surface area contributed by atoms with E-state index < -0.39 is 0 Å². The molecule has 1 saturated heterocycles. The van der Waals surface area contributed by atoms with Crippen LogP contribution in [-0.4, -0.2) is 64.0 Å². The van der Waals surface area contributed by atoms with Gasteiger partial charge in [0.15, 0.2) is 11.3 Å². The molecule has 5 aromatic rings. The monoisotopic (exact) mass is 562 g/mol. The van der Waals surface area contributed by atoms with Crippen LogP contribution in [0.25, 0.3) is 27.8 Å². The van der Waals surface area contributed by atoms with Gasteiger partial charge in [0.1, 0.15) is 23.6 Å². The Balaban J connectivity index is 1.35. The predicted molar refractivity (Wildman–Crippen MR) is 154 cm³/mol. The minimum absolute atomic E-state index is 0.281. The second-order valence-electron chi connectivity index (χ2n) is 9.91. The van der Waals surface area contributed by atoms with Gasteiger partial charge >= 0.3 is 0 Å². The molecule has 1 aliphatic rings. The van der Waals surface area contributed by atoms with Crippen molar-refractivity contribution in [2.45, 2.75) is 25.9 Å². The Morgan fingerprint density at radius 2 is 1.82 bits per heavy atom. The minimum atomic E-state index is -0.302. The molecule has 206 valence electrons. The Hall–Kier alpha value is -4.22. The molecular formula is C28H28ClFN8O2. The number of hydrogen-bond acceptors (Lipinski definition) is 9. The first-order valence-electron chi connectivity index (χ1n) is 12.8. The standard InChI is InChI=1S/C28H28ClFN8O2/c1-15-12-37(13-16(2)33-15)23-6-5-18(8-22(23)30)34-28-31-11-17-7-21(27-36-32-14-38(27)26(17)35-28)20-9-19(39-3)10-24(40-4)25(20)29/h5-11,14-16,33H,12-13H2,1-4H3,(H,31,34,35)/t15-,16+. The second kappa shape index (κ2) is 10.4. The smallest absolute Gasteiger partial charge is 0.229 e. The molecule has 2 aromatic carbocycles. The lowest BCUT2D eigenvalue weighted by molar-refractivity contribution is 0.395. The van der Waals surface area contributed by atoms with Gasteiger partial charge in [0, 0.05) is 59.6 Å². The Labute approximate surface area is 235 Å². The fraction of sp³-hybridized carbons (Fsp3) is 0.286. The lowest BCUT2D eigenvalue weighted by Crippen LogP contribution is -2.54. The molecule has 12 heteroatoms. The maximum atomic E-state index is 15.2. The summed E-state index contributed by atoms with van der Waals surface area (Å²) >= 11 is 6.68. The quantitative estimate of drug-likeness (QED) is 0.293. The maximum Gasteiger partial charge on any atom is 0.229 e. The summed E-state index contributed by atoms with van der Waals surface area (Å²) in [5.74, 6) is 1.07. The van der Waals surface area contributed by atoms with Crippen molar-refractivity contribution in [1.29, 1.82) is 0 Å². The molecule has 0 saturated carbocycles. The molecule has 4 heterocycles. The number of pyridine rings is 1. The van der Waals surface area contributed by atoms with Crippen molar-refractivity contribution in [3.8, 4) is 22.6 Å². The Morgan fingerprint density at radius 1 is 1.02 bits per heavy atom. The van der Waals surface area contributed by atoms with Crippen molar-refractivity contribution in [1.82, 2.24) is 29.9 Å². The molecule has 2 N–H and O–H groups in total. The summed E-state index contributed by atoms with van der Waals surface area (Å²) in [5.41, 5.74) is 3.63. The number of halogens is 2. The molecule has 6 rings (SSSR count). The van der Waals surface area contributed by atoms with Crippen molar-refractivity contribution in [3.05, 3.63) is 59.8 Å². The zero-order valence-corrected chi connectivity index (χ0v) is 23.2. The third-order valence-corrected chi connectivity index (χ3v) is 7.36. The molecule has 0 unspecified atom stereocenters. The van der Waals surface area contributed by atoms with E-state index in [2.05, 4.69) is 44.6 Å². The number of methoxy groups -OCH3 is 2. The number of nitrogens with zero attached hydrogens (tertiary/aromatic N) is 6. The second-order valence-corrected chi connectivity index (χ2v) is 10.3. The van der Waals surface area contributed by atoms with E-state index in [-0.39, 0.29) is 17.9 Å². The Kier molecular flexibility index (Phi) is 6.77. The first-order valence-corrected chi connectivity index (χ1v) is 13.2.